The van der Waals surface area contributed by atoms with Crippen LogP contribution in [-0.2, 0) is 17.9 Å². The number of halogens is 1. The molecule has 0 saturated heterocycles. The van der Waals surface area contributed by atoms with Gasteiger partial charge in [-0.3, -0.25) is 9.59 Å². The first-order valence-electron chi connectivity index (χ1n) is 9.24. The minimum atomic E-state index is -0.609. The van der Waals surface area contributed by atoms with E-state index in [4.69, 9.17) is 0 Å². The van der Waals surface area contributed by atoms with E-state index in [-0.39, 0.29) is 18.0 Å². The molecule has 2 rings (SSSR count). The van der Waals surface area contributed by atoms with Crippen molar-refractivity contribution < 1.29 is 18.9 Å². The predicted octanol–water partition coefficient (Wildman–Crippen LogP) is 1.30. The summed E-state index contributed by atoms with van der Waals surface area (Å²) in [5.41, 5.74) is 2.18. The third-order valence-electron chi connectivity index (χ3n) is 4.49. The molecular formula is C21H27FN3O2+. The van der Waals surface area contributed by atoms with Crippen molar-refractivity contribution in [1.82, 2.24) is 10.6 Å². The highest BCUT2D eigenvalue weighted by molar-refractivity contribution is 5.96. The predicted molar refractivity (Wildman–Crippen MR) is 103 cm³/mol. The van der Waals surface area contributed by atoms with Crippen molar-refractivity contribution in [3.8, 4) is 0 Å². The number of benzene rings is 2. The van der Waals surface area contributed by atoms with Gasteiger partial charge in [-0.2, -0.15) is 0 Å². The van der Waals surface area contributed by atoms with Gasteiger partial charge < -0.3 is 15.5 Å². The molecule has 27 heavy (non-hydrogen) atoms. The van der Waals surface area contributed by atoms with Gasteiger partial charge in [-0.15, -0.1) is 0 Å². The fourth-order valence-electron chi connectivity index (χ4n) is 2.73. The standard InChI is InChI=1S/C21H26FN3O2/c1-3-25(4-2)15-17-11-9-16(10-12-17)13-23-20(26)14-24-21(27)18-7-5-6-8-19(18)22/h5-12H,3-4,13-15H2,1-2H3,(H,23,26)(H,24,27)/p+1. The maximum absolute atomic E-state index is 13.5. The molecule has 0 aromatic heterocycles. The monoisotopic (exact) mass is 372 g/mol. The summed E-state index contributed by atoms with van der Waals surface area (Å²) in [4.78, 5) is 25.3. The zero-order valence-corrected chi connectivity index (χ0v) is 15.8. The smallest absolute Gasteiger partial charge is 0.254 e. The molecule has 2 aromatic rings. The molecule has 0 aliphatic rings. The van der Waals surface area contributed by atoms with Crippen LogP contribution in [0.4, 0.5) is 4.39 Å². The zero-order valence-electron chi connectivity index (χ0n) is 15.8. The second-order valence-electron chi connectivity index (χ2n) is 6.39. The average Bonchev–Trinajstić information content (AvgIpc) is 2.69. The van der Waals surface area contributed by atoms with E-state index >= 15 is 0 Å². The van der Waals surface area contributed by atoms with Crippen LogP contribution < -0.4 is 15.5 Å². The second kappa shape index (κ2) is 10.4. The van der Waals surface area contributed by atoms with Crippen molar-refractivity contribution in [2.75, 3.05) is 19.6 Å². The minimum Gasteiger partial charge on any atom is -0.350 e. The Morgan fingerprint density at radius 3 is 2.19 bits per heavy atom. The quantitative estimate of drug-likeness (QED) is 0.621. The fraction of sp³-hybridized carbons (Fsp3) is 0.333. The molecule has 0 aliphatic carbocycles. The van der Waals surface area contributed by atoms with Crippen LogP contribution in [0, 0.1) is 5.82 Å². The number of nitrogens with one attached hydrogen (secondary N) is 3. The minimum absolute atomic E-state index is 0.0729. The van der Waals surface area contributed by atoms with Crippen molar-refractivity contribution in [2.24, 2.45) is 0 Å². The maximum atomic E-state index is 13.5. The lowest BCUT2D eigenvalue weighted by molar-refractivity contribution is -0.910. The van der Waals surface area contributed by atoms with Gasteiger partial charge in [0.05, 0.1) is 25.2 Å². The Morgan fingerprint density at radius 2 is 1.56 bits per heavy atom. The molecule has 0 heterocycles. The van der Waals surface area contributed by atoms with E-state index in [2.05, 4.69) is 36.6 Å². The highest BCUT2D eigenvalue weighted by Crippen LogP contribution is 2.06. The molecule has 144 valence electrons. The van der Waals surface area contributed by atoms with Crippen LogP contribution in [-0.4, -0.2) is 31.4 Å². The lowest BCUT2D eigenvalue weighted by Crippen LogP contribution is -3.10. The third-order valence-corrected chi connectivity index (χ3v) is 4.49. The third kappa shape index (κ3) is 6.49. The molecule has 0 radical (unpaired) electrons. The highest BCUT2D eigenvalue weighted by atomic mass is 19.1. The topological polar surface area (TPSA) is 62.6 Å². The first-order valence-corrected chi connectivity index (χ1v) is 9.24. The van der Waals surface area contributed by atoms with E-state index in [1.807, 2.05) is 12.1 Å². The molecule has 0 atom stereocenters. The molecule has 2 amide bonds. The first-order chi connectivity index (χ1) is 13.0. The molecule has 0 saturated carbocycles. The van der Waals surface area contributed by atoms with Gasteiger partial charge in [-0.25, -0.2) is 4.39 Å². The van der Waals surface area contributed by atoms with Gasteiger partial charge >= 0.3 is 0 Å². The number of hydrogen-bond donors (Lipinski definition) is 3. The fourth-order valence-corrected chi connectivity index (χ4v) is 2.73. The van der Waals surface area contributed by atoms with Crippen LogP contribution in [0.2, 0.25) is 0 Å². The average molecular weight is 372 g/mol. The van der Waals surface area contributed by atoms with Gasteiger partial charge in [-0.05, 0) is 31.5 Å². The summed E-state index contributed by atoms with van der Waals surface area (Å²) in [6.45, 7) is 7.70. The van der Waals surface area contributed by atoms with Gasteiger partial charge in [0.1, 0.15) is 12.4 Å². The maximum Gasteiger partial charge on any atom is 0.254 e. The van der Waals surface area contributed by atoms with Crippen molar-refractivity contribution in [1.29, 1.82) is 0 Å². The Morgan fingerprint density at radius 1 is 0.926 bits per heavy atom. The lowest BCUT2D eigenvalue weighted by Gasteiger charge is -2.15. The Kier molecular flexibility index (Phi) is 7.95. The molecule has 0 spiro atoms. The van der Waals surface area contributed by atoms with Crippen molar-refractivity contribution in [2.45, 2.75) is 26.9 Å². The summed E-state index contributed by atoms with van der Waals surface area (Å²) in [7, 11) is 0. The summed E-state index contributed by atoms with van der Waals surface area (Å²) in [5, 5.41) is 5.18. The zero-order chi connectivity index (χ0) is 19.6. The van der Waals surface area contributed by atoms with E-state index in [1.165, 1.54) is 28.7 Å². The number of quaternary nitrogens is 1. The van der Waals surface area contributed by atoms with Crippen LogP contribution >= 0.6 is 0 Å². The molecule has 0 aliphatic heterocycles. The van der Waals surface area contributed by atoms with Crippen LogP contribution in [0.15, 0.2) is 48.5 Å². The van der Waals surface area contributed by atoms with Crippen LogP contribution in [0.1, 0.15) is 35.3 Å². The van der Waals surface area contributed by atoms with E-state index < -0.39 is 11.7 Å². The Hall–Kier alpha value is -2.73. The number of amides is 2. The molecular weight excluding hydrogens is 345 g/mol. The van der Waals surface area contributed by atoms with Gasteiger partial charge in [-0.1, -0.05) is 36.4 Å². The molecule has 0 fully saturated rings. The lowest BCUT2D eigenvalue weighted by atomic mass is 10.1. The summed E-state index contributed by atoms with van der Waals surface area (Å²) in [6.07, 6.45) is 0. The van der Waals surface area contributed by atoms with Crippen molar-refractivity contribution >= 4 is 11.8 Å². The van der Waals surface area contributed by atoms with Crippen molar-refractivity contribution in [3.05, 3.63) is 71.0 Å². The van der Waals surface area contributed by atoms with Crippen LogP contribution in [0.3, 0.4) is 0 Å². The molecule has 0 bridgehead atoms. The van der Waals surface area contributed by atoms with E-state index in [0.717, 1.165) is 25.2 Å². The van der Waals surface area contributed by atoms with Crippen LogP contribution in [0.5, 0.6) is 0 Å². The van der Waals surface area contributed by atoms with Gasteiger partial charge in [0, 0.05) is 12.1 Å². The summed E-state index contributed by atoms with van der Waals surface area (Å²) < 4.78 is 13.5. The number of rotatable bonds is 9. The highest BCUT2D eigenvalue weighted by Gasteiger charge is 2.12. The Bertz CT molecular complexity index is 758. The molecule has 5 nitrogen and oxygen atoms in total. The summed E-state index contributed by atoms with van der Waals surface area (Å²) in [6, 6.07) is 13.8. The molecule has 2 aromatic carbocycles. The normalized spacial score (nSPS) is 10.7. The van der Waals surface area contributed by atoms with Gasteiger partial charge in [0.25, 0.3) is 5.91 Å². The van der Waals surface area contributed by atoms with Crippen molar-refractivity contribution in [3.63, 3.8) is 0 Å². The second-order valence-corrected chi connectivity index (χ2v) is 6.39. The number of carbonyl (C=O) groups excluding carboxylic acids is 2. The summed E-state index contributed by atoms with van der Waals surface area (Å²) >= 11 is 0. The van der Waals surface area contributed by atoms with Gasteiger partial charge in [0.2, 0.25) is 5.91 Å². The van der Waals surface area contributed by atoms with Crippen LogP contribution in [0.25, 0.3) is 0 Å². The first kappa shape index (κ1) is 20.6. The Balaban J connectivity index is 1.77. The SMILES string of the molecule is CC[NH+](CC)Cc1ccc(CNC(=O)CNC(=O)c2ccccc2F)cc1. The number of carbonyl (C=O) groups is 2. The van der Waals surface area contributed by atoms with E-state index in [9.17, 15) is 14.0 Å². The van der Waals surface area contributed by atoms with Gasteiger partial charge in [0.15, 0.2) is 0 Å². The Labute approximate surface area is 159 Å². The number of hydrogen-bond acceptors (Lipinski definition) is 2. The summed E-state index contributed by atoms with van der Waals surface area (Å²) in [5.74, 6) is -1.54. The van der Waals surface area contributed by atoms with E-state index in [1.54, 1.807) is 6.07 Å². The van der Waals surface area contributed by atoms with E-state index in [0.29, 0.717) is 6.54 Å². The molecule has 3 N–H and O–H groups in total. The largest absolute Gasteiger partial charge is 0.350 e. The molecule has 6 heteroatoms. The molecule has 0 unspecified atom stereocenters.